The molecule has 0 bridgehead atoms. The van der Waals surface area contributed by atoms with Crippen LogP contribution in [0.15, 0.2) is 54.9 Å². The second-order valence-electron chi connectivity index (χ2n) is 6.58. The van der Waals surface area contributed by atoms with Gasteiger partial charge in [-0.25, -0.2) is 9.48 Å². The lowest BCUT2D eigenvalue weighted by Crippen LogP contribution is -2.45. The van der Waals surface area contributed by atoms with Gasteiger partial charge in [0, 0.05) is 23.5 Å². The highest BCUT2D eigenvalue weighted by Crippen LogP contribution is 2.19. The van der Waals surface area contributed by atoms with Crippen molar-refractivity contribution in [3.05, 3.63) is 65.6 Å². The van der Waals surface area contributed by atoms with Crippen LogP contribution in [0.25, 0.3) is 11.5 Å². The van der Waals surface area contributed by atoms with Gasteiger partial charge in [-0.1, -0.05) is 25.4 Å². The molecular weight excluding hydrogens is 380 g/mol. The van der Waals surface area contributed by atoms with E-state index in [-0.39, 0.29) is 11.6 Å². The Bertz CT molecular complexity index is 962. The smallest absolute Gasteiger partial charge is 0.328 e. The molecule has 2 aromatic heterocycles. The number of halogens is 1. The van der Waals surface area contributed by atoms with Gasteiger partial charge in [-0.2, -0.15) is 5.10 Å². The maximum absolute atomic E-state index is 12.8. The first-order valence-corrected chi connectivity index (χ1v) is 9.16. The third kappa shape index (κ3) is 4.09. The molecule has 2 heterocycles. The van der Waals surface area contributed by atoms with Crippen molar-refractivity contribution in [3.63, 3.8) is 0 Å². The highest BCUT2D eigenvalue weighted by molar-refractivity contribution is 6.30. The van der Waals surface area contributed by atoms with E-state index in [2.05, 4.69) is 10.4 Å². The number of nitrogens with one attached hydrogen (secondary N) is 1. The molecule has 0 unspecified atom stereocenters. The number of carbonyl (C=O) groups excluding carboxylic acids is 2. The summed E-state index contributed by atoms with van der Waals surface area (Å²) in [5.41, 5.74) is 0.939. The second-order valence-corrected chi connectivity index (χ2v) is 7.02. The largest absolute Gasteiger partial charge is 0.467 e. The first kappa shape index (κ1) is 19.7. The fourth-order valence-corrected chi connectivity index (χ4v) is 2.89. The van der Waals surface area contributed by atoms with E-state index in [4.69, 9.17) is 16.3 Å². The molecule has 0 aliphatic heterocycles. The van der Waals surface area contributed by atoms with Gasteiger partial charge in [0.15, 0.2) is 5.69 Å². The van der Waals surface area contributed by atoms with Crippen LogP contribution >= 0.6 is 11.6 Å². The van der Waals surface area contributed by atoms with Gasteiger partial charge in [0.25, 0.3) is 5.91 Å². The molecule has 0 saturated heterocycles. The van der Waals surface area contributed by atoms with Gasteiger partial charge in [-0.3, -0.25) is 4.79 Å². The lowest BCUT2D eigenvalue weighted by atomic mass is 10.0. The molecule has 1 amide bonds. The van der Waals surface area contributed by atoms with Crippen molar-refractivity contribution in [1.82, 2.24) is 19.7 Å². The Labute approximate surface area is 167 Å². The molecule has 3 rings (SSSR count). The lowest BCUT2D eigenvalue weighted by Gasteiger charge is -2.19. The average Bonchev–Trinajstić information content (AvgIpc) is 3.35. The van der Waals surface area contributed by atoms with Crippen molar-refractivity contribution >= 4 is 23.5 Å². The Morgan fingerprint density at radius 1 is 1.14 bits per heavy atom. The first-order chi connectivity index (χ1) is 13.4. The van der Waals surface area contributed by atoms with Crippen molar-refractivity contribution in [1.29, 1.82) is 0 Å². The zero-order chi connectivity index (χ0) is 20.3. The predicted molar refractivity (Wildman–Crippen MR) is 106 cm³/mol. The van der Waals surface area contributed by atoms with Gasteiger partial charge in [0.2, 0.25) is 0 Å². The molecule has 8 heteroatoms. The monoisotopic (exact) mass is 400 g/mol. The minimum absolute atomic E-state index is 0.126. The van der Waals surface area contributed by atoms with Crippen LogP contribution < -0.4 is 5.32 Å². The maximum atomic E-state index is 12.8. The molecule has 146 valence electrons. The molecule has 1 aromatic carbocycles. The quantitative estimate of drug-likeness (QED) is 0.644. The van der Waals surface area contributed by atoms with Crippen LogP contribution in [-0.4, -0.2) is 39.4 Å². The normalized spacial score (nSPS) is 12.0. The van der Waals surface area contributed by atoms with E-state index in [1.54, 1.807) is 22.9 Å². The maximum Gasteiger partial charge on any atom is 0.328 e. The molecule has 0 fully saturated rings. The summed E-state index contributed by atoms with van der Waals surface area (Å²) >= 11 is 5.98. The van der Waals surface area contributed by atoms with Gasteiger partial charge >= 0.3 is 5.97 Å². The van der Waals surface area contributed by atoms with Crippen LogP contribution in [0, 0.1) is 5.92 Å². The minimum Gasteiger partial charge on any atom is -0.467 e. The summed E-state index contributed by atoms with van der Waals surface area (Å²) < 4.78 is 8.28. The second kappa shape index (κ2) is 8.31. The Morgan fingerprint density at radius 2 is 1.79 bits per heavy atom. The number of hydrogen-bond donors (Lipinski definition) is 1. The molecule has 7 nitrogen and oxygen atoms in total. The summed E-state index contributed by atoms with van der Waals surface area (Å²) in [6.07, 6.45) is 3.72. The highest BCUT2D eigenvalue weighted by atomic mass is 35.5. The molecule has 0 aliphatic carbocycles. The molecule has 0 radical (unpaired) electrons. The Balaban J connectivity index is 1.98. The van der Waals surface area contributed by atoms with E-state index in [1.165, 1.54) is 7.11 Å². The van der Waals surface area contributed by atoms with Gasteiger partial charge < -0.3 is 14.6 Å². The number of benzene rings is 1. The number of carbonyl (C=O) groups is 2. The minimum atomic E-state index is -0.756. The van der Waals surface area contributed by atoms with Crippen LogP contribution in [0.2, 0.25) is 5.02 Å². The molecule has 28 heavy (non-hydrogen) atoms. The molecule has 1 N–H and O–H groups in total. The molecule has 0 saturated carbocycles. The van der Waals surface area contributed by atoms with Crippen LogP contribution in [0.4, 0.5) is 0 Å². The first-order valence-electron chi connectivity index (χ1n) is 8.78. The fourth-order valence-electron chi connectivity index (χ4n) is 2.77. The van der Waals surface area contributed by atoms with Gasteiger partial charge in [0.05, 0.1) is 12.8 Å². The van der Waals surface area contributed by atoms with Gasteiger partial charge in [0.1, 0.15) is 11.9 Å². The van der Waals surface area contributed by atoms with E-state index in [1.807, 2.05) is 55.1 Å². The van der Waals surface area contributed by atoms with Crippen LogP contribution in [0.5, 0.6) is 0 Å². The highest BCUT2D eigenvalue weighted by Gasteiger charge is 2.27. The number of methoxy groups -OCH3 is 1. The Kier molecular flexibility index (Phi) is 5.84. The third-order valence-electron chi connectivity index (χ3n) is 4.27. The fraction of sp³-hybridized carbons (Fsp3) is 0.250. The molecule has 0 aliphatic rings. The number of nitrogens with zero attached hydrogens (tertiary/aromatic N) is 3. The van der Waals surface area contributed by atoms with Crippen molar-refractivity contribution in [3.8, 4) is 11.5 Å². The molecule has 1 atom stereocenters. The Hall–Kier alpha value is -3.06. The number of ether oxygens (including phenoxy) is 1. The SMILES string of the molecule is COC(=O)[C@@H](NC(=O)c1cc(-n2cccc2)n(-c2ccc(Cl)cc2)n1)C(C)C. The lowest BCUT2D eigenvalue weighted by molar-refractivity contribution is -0.144. The van der Waals surface area contributed by atoms with E-state index in [0.717, 1.165) is 5.69 Å². The summed E-state index contributed by atoms with van der Waals surface area (Å²) in [7, 11) is 1.29. The summed E-state index contributed by atoms with van der Waals surface area (Å²) in [4.78, 5) is 24.7. The van der Waals surface area contributed by atoms with Crippen LogP contribution in [-0.2, 0) is 9.53 Å². The summed E-state index contributed by atoms with van der Waals surface area (Å²) in [6.45, 7) is 3.67. The van der Waals surface area contributed by atoms with Crippen molar-refractivity contribution < 1.29 is 14.3 Å². The third-order valence-corrected chi connectivity index (χ3v) is 4.52. The van der Waals surface area contributed by atoms with E-state index in [9.17, 15) is 9.59 Å². The topological polar surface area (TPSA) is 78.1 Å². The zero-order valence-electron chi connectivity index (χ0n) is 15.8. The van der Waals surface area contributed by atoms with E-state index >= 15 is 0 Å². The summed E-state index contributed by atoms with van der Waals surface area (Å²) in [6, 6.07) is 11.8. The van der Waals surface area contributed by atoms with Gasteiger partial charge in [-0.05, 0) is 42.3 Å². The van der Waals surface area contributed by atoms with Gasteiger partial charge in [-0.15, -0.1) is 0 Å². The Morgan fingerprint density at radius 3 is 2.36 bits per heavy atom. The standard InChI is InChI=1S/C20H21ClN4O3/c1-13(2)18(20(27)28-3)22-19(26)16-12-17(24-10-4-5-11-24)25(23-16)15-8-6-14(21)7-9-15/h4-13,18H,1-3H3,(H,22,26)/t18-/m0/s1. The summed E-state index contributed by atoms with van der Waals surface area (Å²) in [5.74, 6) is -0.397. The molecule has 3 aromatic rings. The van der Waals surface area contributed by atoms with Crippen molar-refractivity contribution in [2.75, 3.05) is 7.11 Å². The van der Waals surface area contributed by atoms with E-state index < -0.39 is 17.9 Å². The number of hydrogen-bond acceptors (Lipinski definition) is 4. The van der Waals surface area contributed by atoms with Crippen LogP contribution in [0.1, 0.15) is 24.3 Å². The molecule has 0 spiro atoms. The number of esters is 1. The predicted octanol–water partition coefficient (Wildman–Crippen LogP) is 3.24. The zero-order valence-corrected chi connectivity index (χ0v) is 16.6. The van der Waals surface area contributed by atoms with Crippen molar-refractivity contribution in [2.45, 2.75) is 19.9 Å². The number of aromatic nitrogens is 3. The number of rotatable bonds is 6. The van der Waals surface area contributed by atoms with Crippen molar-refractivity contribution in [2.24, 2.45) is 5.92 Å². The molecular formula is C20H21ClN4O3. The summed E-state index contributed by atoms with van der Waals surface area (Å²) in [5, 5.41) is 7.77. The number of amides is 1. The van der Waals surface area contributed by atoms with E-state index in [0.29, 0.717) is 10.8 Å². The van der Waals surface area contributed by atoms with Crippen LogP contribution in [0.3, 0.4) is 0 Å². The average molecular weight is 401 g/mol.